The van der Waals surface area contributed by atoms with Gasteiger partial charge in [0.1, 0.15) is 5.75 Å². The molecule has 0 spiro atoms. The van der Waals surface area contributed by atoms with Gasteiger partial charge in [0, 0.05) is 28.9 Å². The SMILES string of the molecule is CCCOc1c(-c2cnn(CC(C)(C)O)c2)ccc2c1CCC(C)N2C(=O)OC. The van der Waals surface area contributed by atoms with Crippen LogP contribution in [0.15, 0.2) is 24.5 Å². The number of ether oxygens (including phenoxy) is 2. The molecule has 1 aromatic carbocycles. The van der Waals surface area contributed by atoms with Crippen molar-refractivity contribution in [2.75, 3.05) is 18.6 Å². The molecule has 0 fully saturated rings. The largest absolute Gasteiger partial charge is 0.493 e. The number of aromatic nitrogens is 2. The number of hydrogen-bond donors (Lipinski definition) is 1. The van der Waals surface area contributed by atoms with Gasteiger partial charge >= 0.3 is 6.09 Å². The normalized spacial score (nSPS) is 16.5. The molecule has 1 amide bonds. The molecule has 1 atom stereocenters. The summed E-state index contributed by atoms with van der Waals surface area (Å²) < 4.78 is 12.9. The minimum atomic E-state index is -0.849. The van der Waals surface area contributed by atoms with E-state index >= 15 is 0 Å². The summed E-state index contributed by atoms with van der Waals surface area (Å²) in [6.45, 7) is 8.60. The molecule has 0 aliphatic carbocycles. The van der Waals surface area contributed by atoms with Gasteiger partial charge in [-0.05, 0) is 52.2 Å². The first-order chi connectivity index (χ1) is 13.7. The van der Waals surface area contributed by atoms with E-state index in [1.807, 2.05) is 25.3 Å². The van der Waals surface area contributed by atoms with E-state index in [4.69, 9.17) is 9.47 Å². The van der Waals surface area contributed by atoms with Crippen LogP contribution in [-0.2, 0) is 17.7 Å². The number of hydrogen-bond acceptors (Lipinski definition) is 5. The maximum Gasteiger partial charge on any atom is 0.414 e. The molecule has 158 valence electrons. The molecule has 0 radical (unpaired) electrons. The summed E-state index contributed by atoms with van der Waals surface area (Å²) in [5, 5.41) is 14.5. The quantitative estimate of drug-likeness (QED) is 0.791. The van der Waals surface area contributed by atoms with Crippen molar-refractivity contribution in [3.8, 4) is 16.9 Å². The van der Waals surface area contributed by atoms with Crippen molar-refractivity contribution in [2.24, 2.45) is 0 Å². The number of aliphatic hydroxyl groups is 1. The molecular formula is C22H31N3O4. The molecule has 2 heterocycles. The van der Waals surface area contributed by atoms with Gasteiger partial charge in [0.15, 0.2) is 0 Å². The second-order valence-corrected chi connectivity index (χ2v) is 8.26. The van der Waals surface area contributed by atoms with E-state index in [1.54, 1.807) is 29.6 Å². The Hall–Kier alpha value is -2.54. The molecule has 2 aromatic rings. The van der Waals surface area contributed by atoms with Crippen LogP contribution < -0.4 is 9.64 Å². The predicted octanol–water partition coefficient (Wildman–Crippen LogP) is 4.02. The first-order valence-corrected chi connectivity index (χ1v) is 10.2. The van der Waals surface area contributed by atoms with Gasteiger partial charge in [0.25, 0.3) is 0 Å². The van der Waals surface area contributed by atoms with Crippen LogP contribution in [-0.4, -0.2) is 46.3 Å². The Morgan fingerprint density at radius 2 is 2.14 bits per heavy atom. The summed E-state index contributed by atoms with van der Waals surface area (Å²) in [4.78, 5) is 14.1. The lowest BCUT2D eigenvalue weighted by atomic mass is 9.92. The van der Waals surface area contributed by atoms with E-state index in [2.05, 4.69) is 12.0 Å². The van der Waals surface area contributed by atoms with Gasteiger partial charge in [0.2, 0.25) is 0 Å². The zero-order valence-corrected chi connectivity index (χ0v) is 17.9. The number of amides is 1. The van der Waals surface area contributed by atoms with Crippen molar-refractivity contribution in [3.05, 3.63) is 30.1 Å². The van der Waals surface area contributed by atoms with E-state index in [0.717, 1.165) is 47.4 Å². The molecule has 1 aliphatic heterocycles. The van der Waals surface area contributed by atoms with Crippen LogP contribution >= 0.6 is 0 Å². The van der Waals surface area contributed by atoms with Crippen molar-refractivity contribution in [2.45, 2.75) is 65.1 Å². The number of fused-ring (bicyclic) bond motifs is 1. The zero-order chi connectivity index (χ0) is 21.2. The molecule has 7 nitrogen and oxygen atoms in total. The third-order valence-corrected chi connectivity index (χ3v) is 5.06. The standard InChI is InChI=1S/C22H31N3O4/c1-6-11-29-20-17(16-12-23-24(13-16)14-22(3,4)27)9-10-19-18(20)8-7-15(2)25(19)21(26)28-5/h9-10,12-13,15,27H,6-8,11,14H2,1-5H3. The van der Waals surface area contributed by atoms with Gasteiger partial charge in [-0.15, -0.1) is 0 Å². The van der Waals surface area contributed by atoms with Crippen LogP contribution in [0.25, 0.3) is 11.1 Å². The molecule has 1 N–H and O–H groups in total. The predicted molar refractivity (Wildman–Crippen MR) is 112 cm³/mol. The second-order valence-electron chi connectivity index (χ2n) is 8.26. The molecule has 0 saturated heterocycles. The van der Waals surface area contributed by atoms with Gasteiger partial charge in [-0.2, -0.15) is 5.10 Å². The number of carbonyl (C=O) groups excluding carboxylic acids is 1. The lowest BCUT2D eigenvalue weighted by Gasteiger charge is -2.35. The van der Waals surface area contributed by atoms with Crippen molar-refractivity contribution in [1.29, 1.82) is 0 Å². The molecule has 29 heavy (non-hydrogen) atoms. The minimum absolute atomic E-state index is 0.0642. The van der Waals surface area contributed by atoms with Crippen molar-refractivity contribution in [1.82, 2.24) is 9.78 Å². The number of benzene rings is 1. The summed E-state index contributed by atoms with van der Waals surface area (Å²) in [7, 11) is 1.41. The molecular weight excluding hydrogens is 370 g/mol. The van der Waals surface area contributed by atoms with Crippen LogP contribution in [0, 0.1) is 0 Å². The second kappa shape index (κ2) is 8.45. The Morgan fingerprint density at radius 3 is 2.79 bits per heavy atom. The van der Waals surface area contributed by atoms with Crippen molar-refractivity contribution < 1.29 is 19.4 Å². The fraction of sp³-hybridized carbons (Fsp3) is 0.545. The number of methoxy groups -OCH3 is 1. The van der Waals surface area contributed by atoms with Gasteiger partial charge < -0.3 is 14.6 Å². The van der Waals surface area contributed by atoms with Crippen LogP contribution in [0.5, 0.6) is 5.75 Å². The first-order valence-electron chi connectivity index (χ1n) is 10.2. The Kier molecular flexibility index (Phi) is 6.17. The summed E-state index contributed by atoms with van der Waals surface area (Å²) in [5.74, 6) is 0.799. The highest BCUT2D eigenvalue weighted by Crippen LogP contribution is 2.43. The third kappa shape index (κ3) is 4.56. The van der Waals surface area contributed by atoms with E-state index in [-0.39, 0.29) is 12.1 Å². The summed E-state index contributed by atoms with van der Waals surface area (Å²) in [6.07, 6.45) is 5.90. The average molecular weight is 402 g/mol. The average Bonchev–Trinajstić information content (AvgIpc) is 3.11. The number of rotatable bonds is 6. The van der Waals surface area contributed by atoms with Crippen molar-refractivity contribution in [3.63, 3.8) is 0 Å². The summed E-state index contributed by atoms with van der Waals surface area (Å²) in [6, 6.07) is 4.00. The Labute approximate surface area is 172 Å². The molecule has 0 saturated carbocycles. The maximum atomic E-state index is 12.4. The Balaban J connectivity index is 2.06. The fourth-order valence-electron chi connectivity index (χ4n) is 3.76. The van der Waals surface area contributed by atoms with Crippen molar-refractivity contribution >= 4 is 11.8 Å². The van der Waals surface area contributed by atoms with E-state index in [1.165, 1.54) is 7.11 Å². The van der Waals surface area contributed by atoms with Gasteiger partial charge in [-0.1, -0.05) is 6.92 Å². The van der Waals surface area contributed by atoms with Gasteiger partial charge in [-0.25, -0.2) is 4.79 Å². The summed E-state index contributed by atoms with van der Waals surface area (Å²) >= 11 is 0. The van der Waals surface area contributed by atoms with Crippen LogP contribution in [0.1, 0.15) is 46.1 Å². The molecule has 1 aliphatic rings. The first kappa shape index (κ1) is 21.2. The molecule has 7 heteroatoms. The maximum absolute atomic E-state index is 12.4. The minimum Gasteiger partial charge on any atom is -0.493 e. The number of nitrogens with zero attached hydrogens (tertiary/aromatic N) is 3. The fourth-order valence-corrected chi connectivity index (χ4v) is 3.76. The highest BCUT2D eigenvalue weighted by Gasteiger charge is 2.32. The topological polar surface area (TPSA) is 76.8 Å². The monoisotopic (exact) mass is 401 g/mol. The Morgan fingerprint density at radius 1 is 1.38 bits per heavy atom. The molecule has 0 bridgehead atoms. The highest BCUT2D eigenvalue weighted by atomic mass is 16.5. The molecule has 3 rings (SSSR count). The van der Waals surface area contributed by atoms with Crippen LogP contribution in [0.3, 0.4) is 0 Å². The highest BCUT2D eigenvalue weighted by molar-refractivity contribution is 5.92. The number of anilines is 1. The lowest BCUT2D eigenvalue weighted by Crippen LogP contribution is -2.42. The van der Waals surface area contributed by atoms with Crippen LogP contribution in [0.2, 0.25) is 0 Å². The Bertz CT molecular complexity index is 869. The van der Waals surface area contributed by atoms with Gasteiger partial charge in [0.05, 0.1) is 37.7 Å². The van der Waals surface area contributed by atoms with Gasteiger partial charge in [-0.3, -0.25) is 9.58 Å². The molecule has 1 aromatic heterocycles. The van der Waals surface area contributed by atoms with E-state index in [0.29, 0.717) is 13.2 Å². The zero-order valence-electron chi connectivity index (χ0n) is 17.9. The van der Waals surface area contributed by atoms with E-state index in [9.17, 15) is 9.90 Å². The molecule has 1 unspecified atom stereocenters. The van der Waals surface area contributed by atoms with Crippen LogP contribution in [0.4, 0.5) is 10.5 Å². The van der Waals surface area contributed by atoms with E-state index < -0.39 is 5.60 Å². The smallest absolute Gasteiger partial charge is 0.414 e. The number of carbonyl (C=O) groups is 1. The third-order valence-electron chi connectivity index (χ3n) is 5.06. The summed E-state index contributed by atoms with van der Waals surface area (Å²) in [5.41, 5.74) is 2.88. The lowest BCUT2D eigenvalue weighted by molar-refractivity contribution is 0.0577.